The van der Waals surface area contributed by atoms with Crippen LogP contribution in [0.3, 0.4) is 0 Å². The lowest BCUT2D eigenvalue weighted by Gasteiger charge is -2.48. The van der Waals surface area contributed by atoms with Crippen LogP contribution in [0.25, 0.3) is 0 Å². The van der Waals surface area contributed by atoms with Crippen LogP contribution in [0.4, 0.5) is 0 Å². The van der Waals surface area contributed by atoms with Gasteiger partial charge in [0, 0.05) is 12.6 Å². The Morgan fingerprint density at radius 2 is 1.66 bits per heavy atom. The van der Waals surface area contributed by atoms with Crippen LogP contribution in [0.1, 0.15) is 25.7 Å². The average Bonchev–Trinajstić information content (AvgIpc) is 2.89. The van der Waals surface area contributed by atoms with Gasteiger partial charge < -0.3 is 77.8 Å². The summed E-state index contributed by atoms with van der Waals surface area (Å²) in [7, 11) is 0. The minimum atomic E-state index is -1.57. The molecule has 222 valence electrons. The molecule has 0 aromatic heterocycles. The van der Waals surface area contributed by atoms with Crippen LogP contribution < -0.4 is 28.3 Å². The summed E-state index contributed by atoms with van der Waals surface area (Å²) in [5.41, 5.74) is 23.3. The van der Waals surface area contributed by atoms with Crippen LogP contribution in [0.5, 0.6) is 0 Å². The number of nitrogens with one attached hydrogen (secondary N) is 1. The SMILES string of the molecule is NCCC(O)C(=O)NC1CC(N)C(OC2OC(CN)CCC2O)C(O)C1OC1OC(CO)C(O)C(N)C1O. The third-order valence-corrected chi connectivity index (χ3v) is 7.30. The molecule has 3 rings (SSSR count). The summed E-state index contributed by atoms with van der Waals surface area (Å²) >= 11 is 0. The van der Waals surface area contributed by atoms with Crippen molar-refractivity contribution in [3.63, 3.8) is 0 Å². The Balaban J connectivity index is 1.82. The molecule has 2 aliphatic heterocycles. The first-order valence-corrected chi connectivity index (χ1v) is 12.9. The standard InChI is InChI=1S/C22H43N5O11/c23-4-3-11(29)20(34)27-10-5-9(25)18(37-21-12(30)2-1-8(6-24)35-21)17(33)19(10)38-22-16(32)14(26)15(31)13(7-28)36-22/h8-19,21-22,28-33H,1-7,23-26H2,(H,27,34). The minimum Gasteiger partial charge on any atom is -0.394 e. The van der Waals surface area contributed by atoms with Gasteiger partial charge in [-0.1, -0.05) is 0 Å². The Kier molecular flexibility index (Phi) is 11.6. The van der Waals surface area contributed by atoms with Crippen molar-refractivity contribution in [2.45, 2.75) is 111 Å². The summed E-state index contributed by atoms with van der Waals surface area (Å²) in [6, 6.07) is -3.14. The minimum absolute atomic E-state index is 0.0149. The molecule has 0 aromatic rings. The van der Waals surface area contributed by atoms with Crippen molar-refractivity contribution >= 4 is 5.91 Å². The van der Waals surface area contributed by atoms with E-state index in [-0.39, 0.29) is 32.0 Å². The summed E-state index contributed by atoms with van der Waals surface area (Å²) < 4.78 is 23.0. The van der Waals surface area contributed by atoms with Crippen molar-refractivity contribution in [3.05, 3.63) is 0 Å². The van der Waals surface area contributed by atoms with Gasteiger partial charge in [-0.25, -0.2) is 0 Å². The van der Waals surface area contributed by atoms with Gasteiger partial charge >= 0.3 is 0 Å². The van der Waals surface area contributed by atoms with Crippen molar-refractivity contribution in [1.29, 1.82) is 0 Å². The lowest BCUT2D eigenvalue weighted by atomic mass is 9.83. The fraction of sp³-hybridized carbons (Fsp3) is 0.955. The molecule has 3 fully saturated rings. The number of aliphatic hydroxyl groups is 6. The fourth-order valence-electron chi connectivity index (χ4n) is 4.98. The van der Waals surface area contributed by atoms with Crippen molar-refractivity contribution in [3.8, 4) is 0 Å². The molecular formula is C22H43N5O11. The number of amides is 1. The van der Waals surface area contributed by atoms with Gasteiger partial charge in [0.05, 0.1) is 24.8 Å². The van der Waals surface area contributed by atoms with E-state index < -0.39 is 92.1 Å². The van der Waals surface area contributed by atoms with Gasteiger partial charge in [0.2, 0.25) is 5.91 Å². The summed E-state index contributed by atoms with van der Waals surface area (Å²) in [5.74, 6) is -0.782. The molecule has 14 unspecified atom stereocenters. The number of ether oxygens (including phenoxy) is 4. The topological polar surface area (TPSA) is 291 Å². The highest BCUT2D eigenvalue weighted by atomic mass is 16.7. The molecule has 2 saturated heterocycles. The van der Waals surface area contributed by atoms with Crippen molar-refractivity contribution < 1.29 is 54.4 Å². The molecular weight excluding hydrogens is 510 g/mol. The van der Waals surface area contributed by atoms with Crippen molar-refractivity contribution in [2.75, 3.05) is 19.7 Å². The average molecular weight is 554 g/mol. The summed E-state index contributed by atoms with van der Waals surface area (Å²) in [4.78, 5) is 12.6. The molecule has 38 heavy (non-hydrogen) atoms. The molecule has 1 saturated carbocycles. The Hall–Kier alpha value is -1.09. The van der Waals surface area contributed by atoms with Gasteiger partial charge in [-0.3, -0.25) is 4.79 Å². The van der Waals surface area contributed by atoms with E-state index in [0.29, 0.717) is 12.8 Å². The fourth-order valence-corrected chi connectivity index (χ4v) is 4.98. The smallest absolute Gasteiger partial charge is 0.249 e. The van der Waals surface area contributed by atoms with Crippen LogP contribution in [0.15, 0.2) is 0 Å². The van der Waals surface area contributed by atoms with Crippen LogP contribution in [0.2, 0.25) is 0 Å². The number of carbonyl (C=O) groups is 1. The molecule has 14 atom stereocenters. The molecule has 0 bridgehead atoms. The maximum absolute atomic E-state index is 12.6. The molecule has 15 N–H and O–H groups in total. The number of rotatable bonds is 10. The van der Waals surface area contributed by atoms with Crippen molar-refractivity contribution in [2.24, 2.45) is 22.9 Å². The quantitative estimate of drug-likeness (QED) is 0.120. The van der Waals surface area contributed by atoms with E-state index in [1.165, 1.54) is 0 Å². The van der Waals surface area contributed by atoms with E-state index in [1.54, 1.807) is 0 Å². The first kappa shape index (κ1) is 31.4. The van der Waals surface area contributed by atoms with E-state index in [4.69, 9.17) is 41.9 Å². The number of hydrogen-bond acceptors (Lipinski definition) is 15. The highest BCUT2D eigenvalue weighted by Gasteiger charge is 2.51. The van der Waals surface area contributed by atoms with Crippen LogP contribution in [-0.2, 0) is 23.7 Å². The lowest BCUT2D eigenvalue weighted by Crippen LogP contribution is -2.69. The second kappa shape index (κ2) is 14.0. The second-order valence-electron chi connectivity index (χ2n) is 10.1. The predicted molar refractivity (Wildman–Crippen MR) is 129 cm³/mol. The van der Waals surface area contributed by atoms with E-state index in [2.05, 4.69) is 5.32 Å². The molecule has 0 radical (unpaired) electrons. The zero-order chi connectivity index (χ0) is 28.1. The third-order valence-electron chi connectivity index (χ3n) is 7.30. The largest absolute Gasteiger partial charge is 0.394 e. The summed E-state index contributed by atoms with van der Waals surface area (Å²) in [5, 5.41) is 64.6. The molecule has 1 amide bonds. The zero-order valence-corrected chi connectivity index (χ0v) is 21.1. The Labute approximate surface area is 220 Å². The third kappa shape index (κ3) is 7.15. The Morgan fingerprint density at radius 1 is 0.974 bits per heavy atom. The van der Waals surface area contributed by atoms with E-state index in [9.17, 15) is 35.4 Å². The van der Waals surface area contributed by atoms with Gasteiger partial charge in [-0.15, -0.1) is 0 Å². The Bertz CT molecular complexity index is 754. The first-order valence-electron chi connectivity index (χ1n) is 12.9. The second-order valence-corrected chi connectivity index (χ2v) is 10.1. The lowest BCUT2D eigenvalue weighted by molar-refractivity contribution is -0.318. The van der Waals surface area contributed by atoms with Crippen LogP contribution >= 0.6 is 0 Å². The van der Waals surface area contributed by atoms with Gasteiger partial charge in [-0.2, -0.15) is 0 Å². The van der Waals surface area contributed by atoms with Crippen LogP contribution in [-0.4, -0.2) is 142 Å². The van der Waals surface area contributed by atoms with Gasteiger partial charge in [0.25, 0.3) is 0 Å². The number of nitrogens with two attached hydrogens (primary N) is 4. The van der Waals surface area contributed by atoms with E-state index in [0.717, 1.165) is 0 Å². The number of carbonyl (C=O) groups excluding carboxylic acids is 1. The molecule has 0 aromatic carbocycles. The number of aliphatic hydroxyl groups excluding tert-OH is 6. The molecule has 1 aliphatic carbocycles. The monoisotopic (exact) mass is 553 g/mol. The van der Waals surface area contributed by atoms with Gasteiger partial charge in [0.15, 0.2) is 12.6 Å². The molecule has 16 heteroatoms. The zero-order valence-electron chi connectivity index (χ0n) is 21.1. The first-order chi connectivity index (χ1) is 18.0. The normalized spacial score (nSPS) is 44.9. The highest BCUT2D eigenvalue weighted by Crippen LogP contribution is 2.31. The molecule has 3 aliphatic rings. The van der Waals surface area contributed by atoms with E-state index in [1.807, 2.05) is 0 Å². The molecule has 0 spiro atoms. The van der Waals surface area contributed by atoms with Gasteiger partial charge in [0.1, 0.15) is 48.8 Å². The predicted octanol–water partition coefficient (Wildman–Crippen LogP) is -6.37. The Morgan fingerprint density at radius 3 is 2.29 bits per heavy atom. The molecule has 16 nitrogen and oxygen atoms in total. The van der Waals surface area contributed by atoms with Gasteiger partial charge in [-0.05, 0) is 32.2 Å². The maximum atomic E-state index is 12.6. The highest BCUT2D eigenvalue weighted by molar-refractivity contribution is 5.80. The summed E-state index contributed by atoms with van der Waals surface area (Å²) in [6.07, 6.45) is -12.8. The number of hydrogen-bond donors (Lipinski definition) is 11. The maximum Gasteiger partial charge on any atom is 0.249 e. The molecule has 2 heterocycles. The van der Waals surface area contributed by atoms with Crippen molar-refractivity contribution in [1.82, 2.24) is 5.32 Å². The van der Waals surface area contributed by atoms with E-state index >= 15 is 0 Å². The summed E-state index contributed by atoms with van der Waals surface area (Å²) in [6.45, 7) is -0.378. The van der Waals surface area contributed by atoms with Crippen LogP contribution in [0, 0.1) is 0 Å².